The zero-order valence-corrected chi connectivity index (χ0v) is 14.6. The summed E-state index contributed by atoms with van der Waals surface area (Å²) < 4.78 is 2.01. The number of anilines is 1. The average molecular weight is 363 g/mol. The van der Waals surface area contributed by atoms with Gasteiger partial charge in [-0.3, -0.25) is 9.20 Å². The van der Waals surface area contributed by atoms with Crippen molar-refractivity contribution in [3.63, 3.8) is 0 Å². The maximum absolute atomic E-state index is 12.3. The van der Waals surface area contributed by atoms with Crippen molar-refractivity contribution in [3.8, 4) is 11.3 Å². The largest absolute Gasteiger partial charge is 0.327 e. The van der Waals surface area contributed by atoms with E-state index in [0.717, 1.165) is 41.2 Å². The van der Waals surface area contributed by atoms with Gasteiger partial charge in [-0.2, -0.15) is 0 Å². The van der Waals surface area contributed by atoms with E-state index in [2.05, 4.69) is 10.3 Å². The van der Waals surface area contributed by atoms with Gasteiger partial charge in [0.25, 0.3) is 0 Å². The minimum atomic E-state index is -0.0606. The van der Waals surface area contributed by atoms with E-state index in [9.17, 15) is 4.79 Å². The molecule has 2 atom stereocenters. The Morgan fingerprint density at radius 3 is 2.75 bits per heavy atom. The first kappa shape index (κ1) is 17.0. The highest BCUT2D eigenvalue weighted by atomic mass is 35.5. The highest BCUT2D eigenvalue weighted by molar-refractivity contribution is 7.15. The van der Waals surface area contributed by atoms with E-state index in [1.807, 2.05) is 46.4 Å². The lowest BCUT2D eigenvalue weighted by molar-refractivity contribution is -0.120. The summed E-state index contributed by atoms with van der Waals surface area (Å²) in [6, 6.07) is 7.79. The van der Waals surface area contributed by atoms with E-state index >= 15 is 0 Å². The van der Waals surface area contributed by atoms with Gasteiger partial charge in [-0.25, -0.2) is 4.98 Å². The molecule has 126 valence electrons. The molecule has 5 nitrogen and oxygen atoms in total. The summed E-state index contributed by atoms with van der Waals surface area (Å²) in [5, 5.41) is 4.98. The van der Waals surface area contributed by atoms with E-state index in [-0.39, 0.29) is 30.3 Å². The molecule has 4 rings (SSSR count). The van der Waals surface area contributed by atoms with Crippen LogP contribution in [0.25, 0.3) is 16.2 Å². The van der Waals surface area contributed by atoms with E-state index in [1.54, 1.807) is 11.3 Å². The molecule has 2 heterocycles. The highest BCUT2D eigenvalue weighted by Crippen LogP contribution is 2.26. The molecule has 0 aliphatic heterocycles. The van der Waals surface area contributed by atoms with E-state index in [4.69, 9.17) is 5.73 Å². The number of benzene rings is 1. The third-order valence-electron chi connectivity index (χ3n) is 4.45. The number of aromatic nitrogens is 2. The molecule has 0 spiro atoms. The highest BCUT2D eigenvalue weighted by Gasteiger charge is 2.30. The van der Waals surface area contributed by atoms with Gasteiger partial charge in [-0.05, 0) is 25.0 Å². The van der Waals surface area contributed by atoms with Crippen molar-refractivity contribution in [2.45, 2.75) is 25.3 Å². The summed E-state index contributed by atoms with van der Waals surface area (Å²) in [5.74, 6) is -0.0279. The van der Waals surface area contributed by atoms with E-state index < -0.39 is 0 Å². The Balaban J connectivity index is 0.00000169. The van der Waals surface area contributed by atoms with Crippen LogP contribution in [0, 0.1) is 5.92 Å². The Hall–Kier alpha value is -1.89. The summed E-state index contributed by atoms with van der Waals surface area (Å²) in [6.45, 7) is 0. The summed E-state index contributed by atoms with van der Waals surface area (Å²) in [7, 11) is 0. The summed E-state index contributed by atoms with van der Waals surface area (Å²) in [5.41, 5.74) is 8.77. The minimum Gasteiger partial charge on any atom is -0.327 e. The number of fused-ring (bicyclic) bond motifs is 1. The van der Waals surface area contributed by atoms with Crippen molar-refractivity contribution < 1.29 is 4.79 Å². The number of halogens is 1. The number of nitrogens with two attached hydrogens (primary N) is 1. The molecule has 1 saturated carbocycles. The average Bonchev–Trinajstić information content (AvgIpc) is 3.23. The second kappa shape index (κ2) is 6.93. The summed E-state index contributed by atoms with van der Waals surface area (Å²) >= 11 is 1.61. The van der Waals surface area contributed by atoms with Crippen molar-refractivity contribution >= 4 is 40.3 Å². The molecule has 1 fully saturated rings. The second-order valence-electron chi connectivity index (χ2n) is 5.99. The monoisotopic (exact) mass is 362 g/mol. The molecule has 1 aromatic carbocycles. The van der Waals surface area contributed by atoms with Crippen LogP contribution >= 0.6 is 23.7 Å². The quantitative estimate of drug-likeness (QED) is 0.748. The number of carbonyl (C=O) groups is 1. The van der Waals surface area contributed by atoms with Crippen LogP contribution in [0.5, 0.6) is 0 Å². The first-order valence-corrected chi connectivity index (χ1v) is 8.68. The first-order chi connectivity index (χ1) is 11.2. The summed E-state index contributed by atoms with van der Waals surface area (Å²) in [4.78, 5) is 17.8. The SMILES string of the molecule is Cl.NC1CCCC1C(=O)Nc1ccc(-c2cn3ccsc3n2)cc1. The minimum absolute atomic E-state index is 0. The molecule has 0 bridgehead atoms. The molecule has 0 radical (unpaired) electrons. The molecule has 7 heteroatoms. The zero-order valence-electron chi connectivity index (χ0n) is 13.0. The number of carbonyl (C=O) groups excluding carboxylic acids is 1. The van der Waals surface area contributed by atoms with Crippen LogP contribution in [0.1, 0.15) is 19.3 Å². The fourth-order valence-corrected chi connectivity index (χ4v) is 3.84. The normalized spacial score (nSPS) is 20.0. The van der Waals surface area contributed by atoms with Crippen LogP contribution < -0.4 is 11.1 Å². The number of rotatable bonds is 3. The van der Waals surface area contributed by atoms with Gasteiger partial charge in [0.05, 0.1) is 11.6 Å². The molecule has 3 aromatic rings. The Labute approximate surface area is 150 Å². The maximum atomic E-state index is 12.3. The molecule has 2 aromatic heterocycles. The van der Waals surface area contributed by atoms with Crippen LogP contribution in [-0.4, -0.2) is 21.3 Å². The molecular weight excluding hydrogens is 344 g/mol. The Morgan fingerprint density at radius 1 is 1.29 bits per heavy atom. The van der Waals surface area contributed by atoms with Gasteiger partial charge >= 0.3 is 0 Å². The van der Waals surface area contributed by atoms with Gasteiger partial charge in [-0.1, -0.05) is 18.6 Å². The van der Waals surface area contributed by atoms with Crippen LogP contribution in [0.15, 0.2) is 42.0 Å². The van der Waals surface area contributed by atoms with Gasteiger partial charge in [0.2, 0.25) is 5.91 Å². The second-order valence-corrected chi connectivity index (χ2v) is 6.86. The number of thiazole rings is 1. The van der Waals surface area contributed by atoms with Crippen molar-refractivity contribution in [2.24, 2.45) is 11.7 Å². The molecule has 0 saturated heterocycles. The third-order valence-corrected chi connectivity index (χ3v) is 5.22. The van der Waals surface area contributed by atoms with Crippen LogP contribution in [-0.2, 0) is 4.79 Å². The zero-order chi connectivity index (χ0) is 15.8. The van der Waals surface area contributed by atoms with Crippen molar-refractivity contribution in [2.75, 3.05) is 5.32 Å². The lowest BCUT2D eigenvalue weighted by Crippen LogP contribution is -2.34. The van der Waals surface area contributed by atoms with Gasteiger partial charge in [0, 0.05) is 35.1 Å². The molecule has 3 N–H and O–H groups in total. The van der Waals surface area contributed by atoms with Gasteiger partial charge in [0.15, 0.2) is 4.96 Å². The molecule has 24 heavy (non-hydrogen) atoms. The number of nitrogens with one attached hydrogen (secondary N) is 1. The molecule has 1 aliphatic rings. The predicted molar refractivity (Wildman–Crippen MR) is 99.7 cm³/mol. The third kappa shape index (κ3) is 3.17. The molecule has 1 aliphatic carbocycles. The Kier molecular flexibility index (Phi) is 4.89. The lowest BCUT2D eigenvalue weighted by atomic mass is 10.0. The van der Waals surface area contributed by atoms with Gasteiger partial charge in [-0.15, -0.1) is 23.7 Å². The van der Waals surface area contributed by atoms with Crippen molar-refractivity contribution in [1.82, 2.24) is 9.38 Å². The smallest absolute Gasteiger partial charge is 0.229 e. The van der Waals surface area contributed by atoms with E-state index in [1.165, 1.54) is 0 Å². The number of hydrogen-bond acceptors (Lipinski definition) is 4. The van der Waals surface area contributed by atoms with Crippen LogP contribution in [0.2, 0.25) is 0 Å². The number of nitrogens with zero attached hydrogens (tertiary/aromatic N) is 2. The fourth-order valence-electron chi connectivity index (χ4n) is 3.14. The Bertz CT molecular complexity index is 813. The predicted octanol–water partition coefficient (Wildman–Crippen LogP) is 3.55. The Morgan fingerprint density at radius 2 is 2.08 bits per heavy atom. The lowest BCUT2D eigenvalue weighted by Gasteiger charge is -2.15. The number of hydrogen-bond donors (Lipinski definition) is 2. The number of imidazole rings is 1. The number of amides is 1. The van der Waals surface area contributed by atoms with E-state index in [0.29, 0.717) is 0 Å². The van der Waals surface area contributed by atoms with Crippen molar-refractivity contribution in [1.29, 1.82) is 0 Å². The standard InChI is InChI=1S/C17H18N4OS.ClH/c18-14-3-1-2-13(14)16(22)19-12-6-4-11(5-7-12)15-10-21-8-9-23-17(21)20-15;/h4-10,13-14H,1-3,18H2,(H,19,22);1H. The van der Waals surface area contributed by atoms with Gasteiger partial charge in [0.1, 0.15) is 0 Å². The molecule has 1 amide bonds. The topological polar surface area (TPSA) is 72.4 Å². The molecular formula is C17H19ClN4OS. The van der Waals surface area contributed by atoms with Crippen LogP contribution in [0.3, 0.4) is 0 Å². The van der Waals surface area contributed by atoms with Crippen molar-refractivity contribution in [3.05, 3.63) is 42.0 Å². The van der Waals surface area contributed by atoms with Gasteiger partial charge < -0.3 is 11.1 Å². The van der Waals surface area contributed by atoms with Crippen LogP contribution in [0.4, 0.5) is 5.69 Å². The molecule has 2 unspecified atom stereocenters. The maximum Gasteiger partial charge on any atom is 0.229 e. The first-order valence-electron chi connectivity index (χ1n) is 7.80. The fraction of sp³-hybridized carbons (Fsp3) is 0.294. The summed E-state index contributed by atoms with van der Waals surface area (Å²) in [6.07, 6.45) is 6.87.